The van der Waals surface area contributed by atoms with Crippen molar-refractivity contribution >= 4 is 15.9 Å². The van der Waals surface area contributed by atoms with Crippen LogP contribution < -0.4 is 0 Å². The highest BCUT2D eigenvalue weighted by Crippen LogP contribution is 2.42. The molecule has 0 amide bonds. The Balaban J connectivity index is 3.10. The molecule has 0 unspecified atom stereocenters. The molecule has 0 N–H and O–H groups in total. The number of aromatic nitrogens is 2. The summed E-state index contributed by atoms with van der Waals surface area (Å²) < 4.78 is 60.6. The monoisotopic (exact) mass is 276 g/mol. The third-order valence-electron chi connectivity index (χ3n) is 1.31. The quantitative estimate of drug-likeness (QED) is 0.737. The summed E-state index contributed by atoms with van der Waals surface area (Å²) in [7, 11) is 0. The molecular weight excluding hydrogens is 275 g/mol. The maximum atomic E-state index is 12.6. The van der Waals surface area contributed by atoms with E-state index >= 15 is 0 Å². The van der Waals surface area contributed by atoms with Crippen molar-refractivity contribution in [2.45, 2.75) is 12.1 Å². The molecular formula is C6H2BrF5N2. The predicted octanol–water partition coefficient (Wildman–Crippen LogP) is 2.89. The van der Waals surface area contributed by atoms with Crippen molar-refractivity contribution < 1.29 is 22.0 Å². The molecule has 2 nitrogen and oxygen atoms in total. The van der Waals surface area contributed by atoms with Gasteiger partial charge in [0.15, 0.2) is 0 Å². The van der Waals surface area contributed by atoms with Gasteiger partial charge in [-0.2, -0.15) is 22.0 Å². The van der Waals surface area contributed by atoms with Crippen molar-refractivity contribution in [3.05, 3.63) is 22.4 Å². The van der Waals surface area contributed by atoms with E-state index in [-0.39, 0.29) is 4.60 Å². The zero-order valence-corrected chi connectivity index (χ0v) is 7.90. The van der Waals surface area contributed by atoms with Gasteiger partial charge in [0.2, 0.25) is 0 Å². The van der Waals surface area contributed by atoms with E-state index in [1.54, 1.807) is 0 Å². The number of hydrogen-bond donors (Lipinski definition) is 0. The molecule has 0 aliphatic rings. The van der Waals surface area contributed by atoms with Crippen LogP contribution in [0.1, 0.15) is 5.69 Å². The van der Waals surface area contributed by atoms with Gasteiger partial charge in [-0.1, -0.05) is 0 Å². The molecule has 1 aromatic rings. The fourth-order valence-corrected chi connectivity index (χ4v) is 0.840. The van der Waals surface area contributed by atoms with Crippen LogP contribution in [0.2, 0.25) is 0 Å². The number of hydrogen-bond acceptors (Lipinski definition) is 2. The van der Waals surface area contributed by atoms with Crippen molar-refractivity contribution in [2.24, 2.45) is 0 Å². The van der Waals surface area contributed by atoms with Gasteiger partial charge in [-0.05, 0) is 28.1 Å². The fraction of sp³-hybridized carbons (Fsp3) is 0.333. The summed E-state index contributed by atoms with van der Waals surface area (Å²) >= 11 is 2.76. The van der Waals surface area contributed by atoms with Gasteiger partial charge in [-0.25, -0.2) is 0 Å². The second kappa shape index (κ2) is 3.41. The van der Waals surface area contributed by atoms with E-state index in [1.807, 2.05) is 0 Å². The average molecular weight is 277 g/mol. The van der Waals surface area contributed by atoms with Gasteiger partial charge in [0, 0.05) is 0 Å². The van der Waals surface area contributed by atoms with Gasteiger partial charge in [-0.15, -0.1) is 10.2 Å². The summed E-state index contributed by atoms with van der Waals surface area (Å²) in [5.41, 5.74) is -1.42. The number of rotatable bonds is 1. The van der Waals surface area contributed by atoms with Crippen LogP contribution in [0.5, 0.6) is 0 Å². The summed E-state index contributed by atoms with van der Waals surface area (Å²) in [6, 6.07) is 1.52. The first-order valence-electron chi connectivity index (χ1n) is 3.19. The van der Waals surface area contributed by atoms with E-state index < -0.39 is 17.8 Å². The number of halogens is 6. The van der Waals surface area contributed by atoms with Gasteiger partial charge < -0.3 is 0 Å². The first kappa shape index (κ1) is 11.3. The molecule has 0 spiro atoms. The van der Waals surface area contributed by atoms with E-state index in [1.165, 1.54) is 0 Å². The molecule has 78 valence electrons. The van der Waals surface area contributed by atoms with Crippen molar-refractivity contribution in [3.63, 3.8) is 0 Å². The Bertz CT molecular complexity index is 320. The molecule has 0 aromatic carbocycles. The van der Waals surface area contributed by atoms with E-state index in [4.69, 9.17) is 0 Å². The summed E-state index contributed by atoms with van der Waals surface area (Å²) in [6.07, 6.45) is -5.66. The van der Waals surface area contributed by atoms with Crippen LogP contribution in [-0.4, -0.2) is 16.4 Å². The summed E-state index contributed by atoms with van der Waals surface area (Å²) in [5.74, 6) is -4.97. The first-order valence-corrected chi connectivity index (χ1v) is 3.98. The Morgan fingerprint density at radius 1 is 1.00 bits per heavy atom. The Morgan fingerprint density at radius 3 is 1.93 bits per heavy atom. The van der Waals surface area contributed by atoms with Crippen LogP contribution in [0.3, 0.4) is 0 Å². The summed E-state index contributed by atoms with van der Waals surface area (Å²) in [5, 5.41) is 5.80. The zero-order valence-electron chi connectivity index (χ0n) is 6.32. The Labute approximate surface area is 83.3 Å². The van der Waals surface area contributed by atoms with Crippen LogP contribution in [0.15, 0.2) is 16.7 Å². The highest BCUT2D eigenvalue weighted by molar-refractivity contribution is 9.10. The molecule has 0 saturated carbocycles. The van der Waals surface area contributed by atoms with Crippen molar-refractivity contribution in [2.75, 3.05) is 0 Å². The predicted molar refractivity (Wildman–Crippen MR) is 39.7 cm³/mol. The molecule has 8 heteroatoms. The SMILES string of the molecule is FC(F)(F)C(F)(F)c1ccc(Br)nn1. The maximum Gasteiger partial charge on any atom is 0.459 e. The minimum absolute atomic E-state index is 0.0826. The molecule has 1 aromatic heterocycles. The smallest absolute Gasteiger partial charge is 0.189 e. The molecule has 0 saturated heterocycles. The molecule has 1 heterocycles. The Hall–Kier alpha value is -0.790. The van der Waals surface area contributed by atoms with Gasteiger partial charge in [-0.3, -0.25) is 0 Å². The Kier molecular flexibility index (Phi) is 2.75. The van der Waals surface area contributed by atoms with E-state index in [2.05, 4.69) is 26.1 Å². The molecule has 0 aliphatic carbocycles. The van der Waals surface area contributed by atoms with Crippen molar-refractivity contribution in [3.8, 4) is 0 Å². The Morgan fingerprint density at radius 2 is 1.57 bits per heavy atom. The molecule has 14 heavy (non-hydrogen) atoms. The third-order valence-corrected chi connectivity index (χ3v) is 1.73. The molecule has 0 bridgehead atoms. The van der Waals surface area contributed by atoms with E-state index in [0.29, 0.717) is 6.07 Å². The van der Waals surface area contributed by atoms with Crippen LogP contribution in [0.25, 0.3) is 0 Å². The molecule has 0 radical (unpaired) electrons. The number of nitrogens with zero attached hydrogens (tertiary/aromatic N) is 2. The van der Waals surface area contributed by atoms with E-state index in [9.17, 15) is 22.0 Å². The van der Waals surface area contributed by atoms with Crippen molar-refractivity contribution in [1.82, 2.24) is 10.2 Å². The van der Waals surface area contributed by atoms with Crippen LogP contribution >= 0.6 is 15.9 Å². The van der Waals surface area contributed by atoms with Gasteiger partial charge in [0.1, 0.15) is 10.3 Å². The minimum atomic E-state index is -5.66. The largest absolute Gasteiger partial charge is 0.459 e. The lowest BCUT2D eigenvalue weighted by Crippen LogP contribution is -2.34. The highest BCUT2D eigenvalue weighted by Gasteiger charge is 2.60. The first-order chi connectivity index (χ1) is 6.25. The highest BCUT2D eigenvalue weighted by atomic mass is 79.9. The molecule has 1 rings (SSSR count). The fourth-order valence-electron chi connectivity index (χ4n) is 0.629. The molecule has 0 atom stereocenters. The lowest BCUT2D eigenvalue weighted by molar-refractivity contribution is -0.291. The third kappa shape index (κ3) is 1.99. The average Bonchev–Trinajstić information content (AvgIpc) is 2.03. The maximum absolute atomic E-state index is 12.6. The zero-order chi connectivity index (χ0) is 11.0. The lowest BCUT2D eigenvalue weighted by atomic mass is 10.2. The second-order valence-corrected chi connectivity index (χ2v) is 3.13. The van der Waals surface area contributed by atoms with Gasteiger partial charge in [0.05, 0.1) is 0 Å². The van der Waals surface area contributed by atoms with Crippen LogP contribution in [-0.2, 0) is 5.92 Å². The van der Waals surface area contributed by atoms with Gasteiger partial charge in [0.25, 0.3) is 0 Å². The second-order valence-electron chi connectivity index (χ2n) is 2.31. The minimum Gasteiger partial charge on any atom is -0.189 e. The topological polar surface area (TPSA) is 25.8 Å². The van der Waals surface area contributed by atoms with Gasteiger partial charge >= 0.3 is 12.1 Å². The standard InChI is InChI=1S/C6H2BrF5N2/c7-4-2-1-3(13-14-4)5(8,9)6(10,11)12/h1-2H. The normalized spacial score (nSPS) is 13.0. The molecule has 0 aliphatic heterocycles. The summed E-state index contributed by atoms with van der Waals surface area (Å²) in [6.45, 7) is 0. The van der Waals surface area contributed by atoms with Crippen LogP contribution in [0.4, 0.5) is 22.0 Å². The molecule has 0 fully saturated rings. The number of alkyl halides is 5. The van der Waals surface area contributed by atoms with Crippen molar-refractivity contribution in [1.29, 1.82) is 0 Å². The summed E-state index contributed by atoms with van der Waals surface area (Å²) in [4.78, 5) is 0. The van der Waals surface area contributed by atoms with E-state index in [0.717, 1.165) is 6.07 Å². The lowest BCUT2D eigenvalue weighted by Gasteiger charge is -2.17. The van der Waals surface area contributed by atoms with Crippen LogP contribution in [0, 0.1) is 0 Å².